The van der Waals surface area contributed by atoms with Crippen LogP contribution in [0.3, 0.4) is 0 Å². The Bertz CT molecular complexity index is 1000. The van der Waals surface area contributed by atoms with Crippen LogP contribution in [0.1, 0.15) is 29.8 Å². The first-order valence-electron chi connectivity index (χ1n) is 8.34. The molecule has 142 valence electrons. The van der Waals surface area contributed by atoms with E-state index in [1.165, 1.54) is 11.0 Å². The maximum atomic E-state index is 14.1. The predicted molar refractivity (Wildman–Crippen MR) is 95.8 cm³/mol. The monoisotopic (exact) mass is 442 g/mol. The molecule has 27 heavy (non-hydrogen) atoms. The summed E-state index contributed by atoms with van der Waals surface area (Å²) in [6.45, 7) is 0.650. The van der Waals surface area contributed by atoms with E-state index in [4.69, 9.17) is 0 Å². The Kier molecular flexibility index (Phi) is 4.46. The van der Waals surface area contributed by atoms with Gasteiger partial charge in [0.25, 0.3) is 0 Å². The van der Waals surface area contributed by atoms with Crippen molar-refractivity contribution in [3.8, 4) is 0 Å². The molecular weight excluding hydrogens is 428 g/mol. The van der Waals surface area contributed by atoms with E-state index in [0.717, 1.165) is 16.5 Å². The number of H-pyrrole nitrogens is 1. The van der Waals surface area contributed by atoms with Gasteiger partial charge < -0.3 is 0 Å². The summed E-state index contributed by atoms with van der Waals surface area (Å²) in [4.78, 5) is 5.27. The Morgan fingerprint density at radius 3 is 2.74 bits per heavy atom. The topological polar surface area (TPSA) is 44.8 Å². The van der Waals surface area contributed by atoms with Gasteiger partial charge >= 0.3 is 6.18 Å². The van der Waals surface area contributed by atoms with Crippen molar-refractivity contribution < 1.29 is 17.6 Å². The molecule has 0 amide bonds. The van der Waals surface area contributed by atoms with Crippen LogP contribution in [0.4, 0.5) is 17.6 Å². The molecule has 0 bridgehead atoms. The average molecular weight is 443 g/mol. The highest BCUT2D eigenvalue weighted by atomic mass is 79.9. The van der Waals surface area contributed by atoms with Crippen LogP contribution in [0.5, 0.6) is 0 Å². The van der Waals surface area contributed by atoms with E-state index < -0.39 is 30.8 Å². The maximum absolute atomic E-state index is 14.1. The van der Waals surface area contributed by atoms with Crippen molar-refractivity contribution in [2.24, 2.45) is 0 Å². The quantitative estimate of drug-likeness (QED) is 0.459. The van der Waals surface area contributed by atoms with Gasteiger partial charge in [-0.1, -0.05) is 6.07 Å². The Morgan fingerprint density at radius 1 is 1.26 bits per heavy atom. The van der Waals surface area contributed by atoms with Gasteiger partial charge in [0.2, 0.25) is 5.95 Å². The first-order chi connectivity index (χ1) is 12.7. The van der Waals surface area contributed by atoms with E-state index in [1.54, 1.807) is 31.3 Å². The normalized spacial score (nSPS) is 20.8. The van der Waals surface area contributed by atoms with E-state index in [0.29, 0.717) is 12.0 Å². The number of fused-ring (bicyclic) bond motifs is 3. The number of aromatic amines is 1. The number of hydrogen-bond acceptors (Lipinski definition) is 3. The van der Waals surface area contributed by atoms with Crippen LogP contribution in [0.2, 0.25) is 0 Å². The lowest BCUT2D eigenvalue weighted by Crippen LogP contribution is -2.47. The van der Waals surface area contributed by atoms with E-state index >= 15 is 0 Å². The number of benzene rings is 1. The number of hydrogen-bond donors (Lipinski definition) is 1. The molecule has 0 unspecified atom stereocenters. The number of nitrogens with zero attached hydrogens (tertiary/aromatic N) is 3. The van der Waals surface area contributed by atoms with Gasteiger partial charge in [0.1, 0.15) is 0 Å². The Morgan fingerprint density at radius 2 is 2.04 bits per heavy atom. The van der Waals surface area contributed by atoms with Gasteiger partial charge in [-0.05, 0) is 58.6 Å². The molecule has 1 N–H and O–H groups in total. The van der Waals surface area contributed by atoms with Crippen molar-refractivity contribution in [2.75, 3.05) is 6.54 Å². The summed E-state index contributed by atoms with van der Waals surface area (Å²) in [5.41, 5.74) is 2.68. The zero-order valence-corrected chi connectivity index (χ0v) is 15.8. The fraction of sp³-hybridized carbons (Fsp3) is 0.333. The largest absolute Gasteiger partial charge is 0.401 e. The number of halogens is 5. The number of rotatable bonds is 2. The van der Waals surface area contributed by atoms with Gasteiger partial charge in [-0.15, -0.1) is 0 Å². The standard InChI is InChI=1S/C18H15BrF4N4/c1-9-6-11-10(2-4-14-12(11)7-24-26-14)16(27(9)8-18(21,22)23)15-5-3-13(19)17(20)25-15/h2-5,7,9,16H,6,8H2,1H3,(H,24,26)/t9-,16+/m1/s1. The Labute approximate surface area is 160 Å². The van der Waals surface area contributed by atoms with Gasteiger partial charge in [0.15, 0.2) is 0 Å². The molecule has 2 atom stereocenters. The van der Waals surface area contributed by atoms with E-state index in [1.807, 2.05) is 0 Å². The predicted octanol–water partition coefficient (Wildman–Crippen LogP) is 4.76. The minimum absolute atomic E-state index is 0.169. The number of alkyl halides is 3. The lowest BCUT2D eigenvalue weighted by atomic mass is 9.85. The maximum Gasteiger partial charge on any atom is 0.401 e. The Hall–Kier alpha value is -2.00. The zero-order chi connectivity index (χ0) is 19.3. The molecule has 3 heterocycles. The molecule has 9 heteroatoms. The van der Waals surface area contributed by atoms with Gasteiger partial charge in [0, 0.05) is 11.4 Å². The molecule has 4 rings (SSSR count). The van der Waals surface area contributed by atoms with Crippen LogP contribution in [-0.4, -0.2) is 38.8 Å². The summed E-state index contributed by atoms with van der Waals surface area (Å²) in [5.74, 6) is -0.747. The molecule has 1 aromatic carbocycles. The minimum atomic E-state index is -4.38. The van der Waals surface area contributed by atoms with Gasteiger partial charge in [0.05, 0.1) is 34.5 Å². The summed E-state index contributed by atoms with van der Waals surface area (Å²) in [5, 5.41) is 7.78. The van der Waals surface area contributed by atoms with E-state index in [9.17, 15) is 17.6 Å². The molecule has 0 radical (unpaired) electrons. The van der Waals surface area contributed by atoms with Crippen LogP contribution >= 0.6 is 15.9 Å². The first-order valence-corrected chi connectivity index (χ1v) is 9.13. The van der Waals surface area contributed by atoms with Crippen molar-refractivity contribution in [3.63, 3.8) is 0 Å². The molecule has 0 saturated carbocycles. The SMILES string of the molecule is C[C@@H]1Cc2c(ccc3[nH]ncc23)[C@@H](c2ccc(Br)c(F)n2)N1CC(F)(F)F. The lowest BCUT2D eigenvalue weighted by molar-refractivity contribution is -0.155. The second-order valence-electron chi connectivity index (χ2n) is 6.72. The number of aromatic nitrogens is 3. The second kappa shape index (κ2) is 6.56. The lowest BCUT2D eigenvalue weighted by Gasteiger charge is -2.42. The first kappa shape index (κ1) is 18.4. The highest BCUT2D eigenvalue weighted by molar-refractivity contribution is 9.10. The van der Waals surface area contributed by atoms with Gasteiger partial charge in [-0.25, -0.2) is 4.98 Å². The second-order valence-corrected chi connectivity index (χ2v) is 7.57. The summed E-state index contributed by atoms with van der Waals surface area (Å²) < 4.78 is 54.0. The molecule has 1 aliphatic rings. The molecule has 4 nitrogen and oxygen atoms in total. The summed E-state index contributed by atoms with van der Waals surface area (Å²) in [6, 6.07) is 5.38. The third kappa shape index (κ3) is 3.34. The number of nitrogens with one attached hydrogen (secondary N) is 1. The summed E-state index contributed by atoms with van der Waals surface area (Å²) in [7, 11) is 0. The highest BCUT2D eigenvalue weighted by Gasteiger charge is 2.41. The molecular formula is C18H15BrF4N4. The third-order valence-electron chi connectivity index (χ3n) is 4.93. The van der Waals surface area contributed by atoms with Crippen molar-refractivity contribution in [3.05, 3.63) is 57.7 Å². The van der Waals surface area contributed by atoms with Crippen LogP contribution < -0.4 is 0 Å². The highest BCUT2D eigenvalue weighted by Crippen LogP contribution is 2.41. The van der Waals surface area contributed by atoms with E-state index in [-0.39, 0.29) is 10.2 Å². The smallest absolute Gasteiger partial charge is 0.279 e. The Balaban J connectivity index is 1.92. The van der Waals surface area contributed by atoms with Crippen molar-refractivity contribution in [2.45, 2.75) is 31.6 Å². The van der Waals surface area contributed by atoms with Crippen molar-refractivity contribution >= 4 is 26.8 Å². The zero-order valence-electron chi connectivity index (χ0n) is 14.2. The molecule has 0 spiro atoms. The van der Waals surface area contributed by atoms with Gasteiger partial charge in [-0.3, -0.25) is 10.00 Å². The fourth-order valence-corrected chi connectivity index (χ4v) is 4.01. The van der Waals surface area contributed by atoms with Crippen LogP contribution in [0.15, 0.2) is 34.9 Å². The molecule has 0 fully saturated rings. The van der Waals surface area contributed by atoms with E-state index in [2.05, 4.69) is 31.1 Å². The minimum Gasteiger partial charge on any atom is -0.279 e. The molecule has 3 aromatic rings. The molecule has 0 saturated heterocycles. The van der Waals surface area contributed by atoms with Crippen LogP contribution in [0, 0.1) is 5.95 Å². The molecule has 0 aliphatic carbocycles. The average Bonchev–Trinajstić information content (AvgIpc) is 3.06. The molecule has 1 aliphatic heterocycles. The van der Waals surface area contributed by atoms with Crippen molar-refractivity contribution in [1.29, 1.82) is 0 Å². The third-order valence-corrected chi connectivity index (χ3v) is 5.52. The van der Waals surface area contributed by atoms with Crippen LogP contribution in [0.25, 0.3) is 10.9 Å². The molecule has 2 aromatic heterocycles. The van der Waals surface area contributed by atoms with Gasteiger partial charge in [-0.2, -0.15) is 22.7 Å². The van der Waals surface area contributed by atoms with Crippen LogP contribution in [-0.2, 0) is 6.42 Å². The number of pyridine rings is 1. The summed E-state index contributed by atoms with van der Waals surface area (Å²) >= 11 is 3.04. The fourth-order valence-electron chi connectivity index (χ4n) is 3.79. The van der Waals surface area contributed by atoms with Crippen molar-refractivity contribution in [1.82, 2.24) is 20.1 Å². The summed E-state index contributed by atoms with van der Waals surface area (Å²) in [6.07, 6.45) is -2.26.